The molecule has 1 aromatic carbocycles. The maximum absolute atomic E-state index is 5.78. The van der Waals surface area contributed by atoms with Crippen molar-refractivity contribution in [1.82, 2.24) is 4.98 Å². The van der Waals surface area contributed by atoms with Gasteiger partial charge in [0, 0.05) is 21.8 Å². The first-order valence-electron chi connectivity index (χ1n) is 4.71. The number of rotatable bonds is 2. The van der Waals surface area contributed by atoms with Gasteiger partial charge in [0.15, 0.2) is 0 Å². The van der Waals surface area contributed by atoms with E-state index in [0.29, 0.717) is 10.9 Å². The highest BCUT2D eigenvalue weighted by atomic mass is 79.9. The average molecular weight is 299 g/mol. The van der Waals surface area contributed by atoms with E-state index in [2.05, 4.69) is 20.9 Å². The maximum atomic E-state index is 5.78. The molecule has 0 N–H and O–H groups in total. The Morgan fingerprint density at radius 1 is 1.25 bits per heavy atom. The second kappa shape index (κ2) is 4.85. The molecule has 0 fully saturated rings. The number of hydrogen-bond acceptors (Lipinski definition) is 2. The number of aryl methyl sites for hydroxylation is 1. The van der Waals surface area contributed by atoms with Crippen molar-refractivity contribution in [1.29, 1.82) is 0 Å². The number of hydrogen-bond donors (Lipinski definition) is 0. The molecular formula is C12H9BrClNO. The highest BCUT2D eigenvalue weighted by molar-refractivity contribution is 9.10. The first kappa shape index (κ1) is 11.4. The predicted octanol–water partition coefficient (Wildman–Crippen LogP) is 4.60. The third kappa shape index (κ3) is 2.74. The van der Waals surface area contributed by atoms with Gasteiger partial charge in [0.05, 0.1) is 0 Å². The van der Waals surface area contributed by atoms with E-state index in [1.807, 2.05) is 13.0 Å². The number of nitrogens with zero attached hydrogens (tertiary/aromatic N) is 1. The molecule has 0 bridgehead atoms. The fourth-order valence-corrected chi connectivity index (χ4v) is 1.54. The summed E-state index contributed by atoms with van der Waals surface area (Å²) in [5.74, 6) is 1.29. The number of benzene rings is 1. The molecule has 0 amide bonds. The Hall–Kier alpha value is -1.06. The van der Waals surface area contributed by atoms with Crippen molar-refractivity contribution in [2.24, 2.45) is 0 Å². The quantitative estimate of drug-likeness (QED) is 0.808. The zero-order valence-electron chi connectivity index (χ0n) is 8.58. The van der Waals surface area contributed by atoms with Crippen molar-refractivity contribution in [2.75, 3.05) is 0 Å². The second-order valence-corrected chi connectivity index (χ2v) is 4.62. The lowest BCUT2D eigenvalue weighted by atomic mass is 10.3. The van der Waals surface area contributed by atoms with Gasteiger partial charge in [-0.1, -0.05) is 11.6 Å². The van der Waals surface area contributed by atoms with Gasteiger partial charge in [-0.15, -0.1) is 0 Å². The monoisotopic (exact) mass is 297 g/mol. The molecule has 2 aromatic rings. The molecule has 0 aliphatic heterocycles. The third-order valence-electron chi connectivity index (χ3n) is 2.06. The number of pyridine rings is 1. The maximum Gasteiger partial charge on any atom is 0.219 e. The van der Waals surface area contributed by atoms with E-state index in [1.54, 1.807) is 30.5 Å². The topological polar surface area (TPSA) is 22.1 Å². The van der Waals surface area contributed by atoms with E-state index in [4.69, 9.17) is 16.3 Å². The van der Waals surface area contributed by atoms with E-state index < -0.39 is 0 Å². The van der Waals surface area contributed by atoms with Crippen LogP contribution >= 0.6 is 27.5 Å². The largest absolute Gasteiger partial charge is 0.439 e. The summed E-state index contributed by atoms with van der Waals surface area (Å²) in [5.41, 5.74) is 1.08. The molecular weight excluding hydrogens is 289 g/mol. The van der Waals surface area contributed by atoms with Crippen LogP contribution in [0.4, 0.5) is 0 Å². The van der Waals surface area contributed by atoms with E-state index in [0.717, 1.165) is 15.8 Å². The number of halogens is 2. The van der Waals surface area contributed by atoms with Gasteiger partial charge in [-0.3, -0.25) is 0 Å². The van der Waals surface area contributed by atoms with Crippen molar-refractivity contribution in [3.8, 4) is 11.6 Å². The van der Waals surface area contributed by atoms with Crippen molar-refractivity contribution >= 4 is 27.5 Å². The Balaban J connectivity index is 2.20. The fraction of sp³-hybridized carbons (Fsp3) is 0.0833. The van der Waals surface area contributed by atoms with E-state index in [-0.39, 0.29) is 0 Å². The molecule has 2 rings (SSSR count). The summed E-state index contributed by atoms with van der Waals surface area (Å²) in [6.45, 7) is 1.99. The summed E-state index contributed by atoms with van der Waals surface area (Å²) in [5, 5.41) is 0.687. The van der Waals surface area contributed by atoms with Gasteiger partial charge in [0.1, 0.15) is 5.75 Å². The van der Waals surface area contributed by atoms with Gasteiger partial charge in [-0.05, 0) is 52.7 Å². The third-order valence-corrected chi connectivity index (χ3v) is 3.14. The lowest BCUT2D eigenvalue weighted by Crippen LogP contribution is -1.88. The van der Waals surface area contributed by atoms with Gasteiger partial charge in [-0.25, -0.2) is 4.98 Å². The molecule has 82 valence electrons. The molecule has 1 aromatic heterocycles. The Bertz CT molecular complexity index is 499. The first-order valence-corrected chi connectivity index (χ1v) is 5.88. The van der Waals surface area contributed by atoms with Crippen molar-refractivity contribution in [3.05, 3.63) is 51.6 Å². The standard InChI is InChI=1S/C12H9BrClNO/c1-8-6-12(15-7-11(8)13)16-10-4-2-9(14)3-5-10/h2-7H,1H3. The van der Waals surface area contributed by atoms with Crippen LogP contribution in [0, 0.1) is 6.92 Å². The molecule has 4 heteroatoms. The van der Waals surface area contributed by atoms with Crippen LogP contribution in [0.25, 0.3) is 0 Å². The Morgan fingerprint density at radius 2 is 1.94 bits per heavy atom. The fourth-order valence-electron chi connectivity index (χ4n) is 1.19. The molecule has 2 nitrogen and oxygen atoms in total. The Kier molecular flexibility index (Phi) is 3.46. The van der Waals surface area contributed by atoms with E-state index in [1.165, 1.54) is 0 Å². The average Bonchev–Trinajstić information content (AvgIpc) is 2.27. The Labute approximate surface area is 107 Å². The SMILES string of the molecule is Cc1cc(Oc2ccc(Cl)cc2)ncc1Br. The van der Waals surface area contributed by atoms with Crippen LogP contribution in [-0.2, 0) is 0 Å². The zero-order valence-corrected chi connectivity index (χ0v) is 10.9. The lowest BCUT2D eigenvalue weighted by Gasteiger charge is -2.05. The number of aromatic nitrogens is 1. The molecule has 0 saturated heterocycles. The van der Waals surface area contributed by atoms with Crippen LogP contribution < -0.4 is 4.74 Å². The Morgan fingerprint density at radius 3 is 2.56 bits per heavy atom. The van der Waals surface area contributed by atoms with Crippen LogP contribution in [0.3, 0.4) is 0 Å². The summed E-state index contributed by atoms with van der Waals surface area (Å²) in [6.07, 6.45) is 1.72. The molecule has 0 unspecified atom stereocenters. The lowest BCUT2D eigenvalue weighted by molar-refractivity contribution is 0.462. The summed E-state index contributed by atoms with van der Waals surface area (Å²) in [6, 6.07) is 9.05. The molecule has 0 spiro atoms. The summed E-state index contributed by atoms with van der Waals surface area (Å²) >= 11 is 9.17. The van der Waals surface area contributed by atoms with Crippen LogP contribution in [0.2, 0.25) is 5.02 Å². The van der Waals surface area contributed by atoms with Crippen LogP contribution in [-0.4, -0.2) is 4.98 Å². The molecule has 1 heterocycles. The van der Waals surface area contributed by atoms with Gasteiger partial charge in [0.25, 0.3) is 0 Å². The normalized spacial score (nSPS) is 10.2. The van der Waals surface area contributed by atoms with Crippen molar-refractivity contribution in [3.63, 3.8) is 0 Å². The smallest absolute Gasteiger partial charge is 0.219 e. The van der Waals surface area contributed by atoms with E-state index in [9.17, 15) is 0 Å². The minimum absolute atomic E-state index is 0.572. The van der Waals surface area contributed by atoms with Gasteiger partial charge >= 0.3 is 0 Å². The van der Waals surface area contributed by atoms with Crippen LogP contribution in [0.1, 0.15) is 5.56 Å². The van der Waals surface area contributed by atoms with Crippen molar-refractivity contribution in [2.45, 2.75) is 6.92 Å². The number of ether oxygens (including phenoxy) is 1. The minimum atomic E-state index is 0.572. The highest BCUT2D eigenvalue weighted by Gasteiger charge is 2.01. The predicted molar refractivity (Wildman–Crippen MR) is 68.2 cm³/mol. The summed E-state index contributed by atoms with van der Waals surface area (Å²) in [4.78, 5) is 4.15. The molecule has 0 aliphatic carbocycles. The summed E-state index contributed by atoms with van der Waals surface area (Å²) < 4.78 is 6.55. The molecule has 0 radical (unpaired) electrons. The molecule has 0 aliphatic rings. The molecule has 16 heavy (non-hydrogen) atoms. The van der Waals surface area contributed by atoms with Gasteiger partial charge in [-0.2, -0.15) is 0 Å². The molecule has 0 atom stereocenters. The summed E-state index contributed by atoms with van der Waals surface area (Å²) in [7, 11) is 0. The van der Waals surface area contributed by atoms with Gasteiger partial charge in [0.2, 0.25) is 5.88 Å². The van der Waals surface area contributed by atoms with Gasteiger partial charge < -0.3 is 4.74 Å². The van der Waals surface area contributed by atoms with Crippen molar-refractivity contribution < 1.29 is 4.74 Å². The highest BCUT2D eigenvalue weighted by Crippen LogP contribution is 2.24. The van der Waals surface area contributed by atoms with Crippen LogP contribution in [0.15, 0.2) is 41.0 Å². The second-order valence-electron chi connectivity index (χ2n) is 3.33. The first-order chi connectivity index (χ1) is 7.65. The minimum Gasteiger partial charge on any atom is -0.439 e. The zero-order chi connectivity index (χ0) is 11.5. The van der Waals surface area contributed by atoms with E-state index >= 15 is 0 Å². The molecule has 0 saturated carbocycles. The van der Waals surface area contributed by atoms with Crippen LogP contribution in [0.5, 0.6) is 11.6 Å².